The zero-order chi connectivity index (χ0) is 10.6. The van der Waals surface area contributed by atoms with Crippen LogP contribution in [0.3, 0.4) is 0 Å². The second kappa shape index (κ2) is 5.19. The van der Waals surface area contributed by atoms with E-state index in [1.54, 1.807) is 12.1 Å². The molecule has 0 aliphatic heterocycles. The molecule has 1 rings (SSSR count). The van der Waals surface area contributed by atoms with Gasteiger partial charge in [0, 0.05) is 0 Å². The van der Waals surface area contributed by atoms with Gasteiger partial charge in [0.15, 0.2) is 0 Å². The molecule has 0 amide bonds. The van der Waals surface area contributed by atoms with Crippen LogP contribution >= 0.6 is 22.6 Å². The third-order valence-electron chi connectivity index (χ3n) is 1.62. The van der Waals surface area contributed by atoms with Crippen molar-refractivity contribution in [2.75, 3.05) is 6.61 Å². The Kier molecular flexibility index (Phi) is 4.19. The smallest absolute Gasteiger partial charge is 0.338 e. The lowest BCUT2D eigenvalue weighted by molar-refractivity contribution is 0.0504. The van der Waals surface area contributed by atoms with Gasteiger partial charge in [0.1, 0.15) is 5.75 Å². The second-order valence-corrected chi connectivity index (χ2v) is 3.96. The molecule has 0 aliphatic carbocycles. The van der Waals surface area contributed by atoms with Crippen molar-refractivity contribution in [1.82, 2.24) is 0 Å². The largest absolute Gasteiger partial charge is 0.507 e. The summed E-state index contributed by atoms with van der Waals surface area (Å²) in [6.07, 6.45) is 0.794. The summed E-state index contributed by atoms with van der Waals surface area (Å²) in [5.74, 6) is -0.282. The lowest BCUT2D eigenvalue weighted by atomic mass is 10.2. The first-order chi connectivity index (χ1) is 6.65. The highest BCUT2D eigenvalue weighted by atomic mass is 127. The van der Waals surface area contributed by atoms with Crippen LogP contribution in [0.5, 0.6) is 5.75 Å². The van der Waals surface area contributed by atoms with E-state index in [0.29, 0.717) is 12.2 Å². The van der Waals surface area contributed by atoms with Crippen LogP contribution in [0.25, 0.3) is 0 Å². The molecule has 3 nitrogen and oxygen atoms in total. The van der Waals surface area contributed by atoms with E-state index in [-0.39, 0.29) is 5.75 Å². The molecular weight excluding hydrogens is 295 g/mol. The quantitative estimate of drug-likeness (QED) is 0.689. The van der Waals surface area contributed by atoms with Crippen molar-refractivity contribution in [3.63, 3.8) is 0 Å². The van der Waals surface area contributed by atoms with E-state index in [4.69, 9.17) is 4.74 Å². The third-order valence-corrected chi connectivity index (χ3v) is 2.53. The van der Waals surface area contributed by atoms with Gasteiger partial charge in [-0.2, -0.15) is 0 Å². The Morgan fingerprint density at radius 1 is 1.57 bits per heavy atom. The maximum Gasteiger partial charge on any atom is 0.338 e. The Balaban J connectivity index is 2.76. The Hall–Kier alpha value is -0.780. The van der Waals surface area contributed by atoms with Gasteiger partial charge in [0.05, 0.1) is 15.7 Å². The van der Waals surface area contributed by atoms with Crippen molar-refractivity contribution in [3.05, 3.63) is 27.3 Å². The number of aromatic hydroxyl groups is 1. The average Bonchev–Trinajstić information content (AvgIpc) is 2.18. The summed E-state index contributed by atoms with van der Waals surface area (Å²) >= 11 is 1.99. The number of rotatable bonds is 3. The van der Waals surface area contributed by atoms with E-state index in [2.05, 4.69) is 0 Å². The summed E-state index contributed by atoms with van der Waals surface area (Å²) < 4.78 is 5.64. The summed E-state index contributed by atoms with van der Waals surface area (Å²) in [6.45, 7) is 2.34. The number of hydrogen-bond acceptors (Lipinski definition) is 3. The molecule has 1 aromatic carbocycles. The van der Waals surface area contributed by atoms with Crippen LogP contribution in [0.15, 0.2) is 18.2 Å². The van der Waals surface area contributed by atoms with Gasteiger partial charge in [-0.15, -0.1) is 0 Å². The molecule has 0 aliphatic rings. The average molecular weight is 306 g/mol. The highest BCUT2D eigenvalue weighted by molar-refractivity contribution is 14.1. The summed E-state index contributed by atoms with van der Waals surface area (Å²) in [5.41, 5.74) is 0.386. The molecule has 76 valence electrons. The number of hydrogen-bond donors (Lipinski definition) is 1. The molecule has 0 bridgehead atoms. The lowest BCUT2D eigenvalue weighted by Gasteiger charge is -2.03. The number of esters is 1. The Labute approximate surface area is 96.2 Å². The van der Waals surface area contributed by atoms with E-state index in [1.807, 2.05) is 29.5 Å². The lowest BCUT2D eigenvalue weighted by Crippen LogP contribution is -2.05. The van der Waals surface area contributed by atoms with Crippen LogP contribution in [0, 0.1) is 3.57 Å². The van der Waals surface area contributed by atoms with Gasteiger partial charge in [-0.3, -0.25) is 0 Å². The molecule has 0 spiro atoms. The van der Waals surface area contributed by atoms with Gasteiger partial charge in [0.25, 0.3) is 0 Å². The summed E-state index contributed by atoms with van der Waals surface area (Å²) in [7, 11) is 0. The molecule has 4 heteroatoms. The van der Waals surface area contributed by atoms with Gasteiger partial charge in [-0.1, -0.05) is 6.92 Å². The zero-order valence-corrected chi connectivity index (χ0v) is 9.95. The first-order valence-electron chi connectivity index (χ1n) is 4.30. The topological polar surface area (TPSA) is 46.5 Å². The SMILES string of the molecule is CCCOC(=O)c1ccc(I)c(O)c1. The van der Waals surface area contributed by atoms with Gasteiger partial charge in [0.2, 0.25) is 0 Å². The van der Waals surface area contributed by atoms with Gasteiger partial charge >= 0.3 is 5.97 Å². The minimum absolute atomic E-state index is 0.108. The Bertz CT molecular complexity index is 336. The Morgan fingerprint density at radius 3 is 2.86 bits per heavy atom. The van der Waals surface area contributed by atoms with Crippen molar-refractivity contribution in [2.24, 2.45) is 0 Å². The van der Waals surface area contributed by atoms with Crippen LogP contribution in [-0.4, -0.2) is 17.7 Å². The minimum Gasteiger partial charge on any atom is -0.507 e. The fourth-order valence-electron chi connectivity index (χ4n) is 0.918. The minimum atomic E-state index is -0.390. The molecule has 0 fully saturated rings. The molecule has 1 aromatic rings. The highest BCUT2D eigenvalue weighted by Gasteiger charge is 2.08. The predicted octanol–water partition coefficient (Wildman–Crippen LogP) is 2.56. The number of ether oxygens (including phenoxy) is 1. The summed E-state index contributed by atoms with van der Waals surface area (Å²) in [6, 6.07) is 4.73. The number of carbonyl (C=O) groups is 1. The zero-order valence-electron chi connectivity index (χ0n) is 7.79. The maximum absolute atomic E-state index is 11.3. The van der Waals surface area contributed by atoms with Crippen LogP contribution in [0.2, 0.25) is 0 Å². The molecule has 0 saturated heterocycles. The maximum atomic E-state index is 11.3. The number of benzene rings is 1. The van der Waals surface area contributed by atoms with E-state index < -0.39 is 5.97 Å². The molecule has 0 atom stereocenters. The van der Waals surface area contributed by atoms with Gasteiger partial charge in [-0.25, -0.2) is 4.79 Å². The fraction of sp³-hybridized carbons (Fsp3) is 0.300. The third kappa shape index (κ3) is 2.87. The molecule has 0 saturated carbocycles. The predicted molar refractivity (Wildman–Crippen MR) is 61.4 cm³/mol. The van der Waals surface area contributed by atoms with Crippen LogP contribution in [0.1, 0.15) is 23.7 Å². The van der Waals surface area contributed by atoms with E-state index in [9.17, 15) is 9.90 Å². The van der Waals surface area contributed by atoms with Crippen molar-refractivity contribution < 1.29 is 14.6 Å². The molecular formula is C10H11IO3. The molecule has 0 unspecified atom stereocenters. The van der Waals surface area contributed by atoms with E-state index >= 15 is 0 Å². The first-order valence-corrected chi connectivity index (χ1v) is 5.38. The van der Waals surface area contributed by atoms with E-state index in [1.165, 1.54) is 6.07 Å². The monoisotopic (exact) mass is 306 g/mol. The molecule has 14 heavy (non-hydrogen) atoms. The molecule has 0 radical (unpaired) electrons. The van der Waals surface area contributed by atoms with E-state index in [0.717, 1.165) is 9.99 Å². The van der Waals surface area contributed by atoms with Gasteiger partial charge < -0.3 is 9.84 Å². The molecule has 0 heterocycles. The van der Waals surface area contributed by atoms with Crippen molar-refractivity contribution >= 4 is 28.6 Å². The number of phenols is 1. The van der Waals surface area contributed by atoms with Crippen LogP contribution < -0.4 is 0 Å². The standard InChI is InChI=1S/C10H11IO3/c1-2-5-14-10(13)7-3-4-8(11)9(12)6-7/h3-4,6,12H,2,5H2,1H3. The number of halogens is 1. The number of phenolic OH excluding ortho intramolecular Hbond substituents is 1. The first kappa shape index (κ1) is 11.3. The Morgan fingerprint density at radius 2 is 2.29 bits per heavy atom. The molecule has 0 aromatic heterocycles. The normalized spacial score (nSPS) is 9.86. The van der Waals surface area contributed by atoms with Crippen LogP contribution in [0.4, 0.5) is 0 Å². The number of carbonyl (C=O) groups excluding carboxylic acids is 1. The van der Waals surface area contributed by atoms with Gasteiger partial charge in [-0.05, 0) is 47.2 Å². The summed E-state index contributed by atoms with van der Waals surface area (Å²) in [4.78, 5) is 11.3. The fourth-order valence-corrected chi connectivity index (χ4v) is 1.25. The van der Waals surface area contributed by atoms with Crippen molar-refractivity contribution in [2.45, 2.75) is 13.3 Å². The van der Waals surface area contributed by atoms with Crippen molar-refractivity contribution in [3.8, 4) is 5.75 Å². The van der Waals surface area contributed by atoms with Crippen LogP contribution in [-0.2, 0) is 4.74 Å². The van der Waals surface area contributed by atoms with Crippen molar-refractivity contribution in [1.29, 1.82) is 0 Å². The highest BCUT2D eigenvalue weighted by Crippen LogP contribution is 2.20. The second-order valence-electron chi connectivity index (χ2n) is 2.80. The summed E-state index contributed by atoms with van der Waals surface area (Å²) in [5, 5.41) is 9.36. The molecule has 1 N–H and O–H groups in total.